The van der Waals surface area contributed by atoms with Crippen LogP contribution in [0.25, 0.3) is 0 Å². The lowest BCUT2D eigenvalue weighted by molar-refractivity contribution is 0.575. The molecular weight excluding hydrogens is 240 g/mol. The van der Waals surface area contributed by atoms with Gasteiger partial charge >= 0.3 is 0 Å². The summed E-state index contributed by atoms with van der Waals surface area (Å²) in [5, 5.41) is 6.44. The third kappa shape index (κ3) is 3.67. The molecule has 2 heterocycles. The maximum Gasteiger partial charge on any atom is 0.293 e. The van der Waals surface area contributed by atoms with Crippen molar-refractivity contribution in [3.8, 4) is 0 Å². The highest BCUT2D eigenvalue weighted by Gasteiger charge is 2.07. The van der Waals surface area contributed by atoms with Gasteiger partial charge in [-0.05, 0) is 33.2 Å². The number of anilines is 1. The fourth-order valence-corrected chi connectivity index (χ4v) is 2.19. The fourth-order valence-electron chi connectivity index (χ4n) is 2.19. The number of hydrogen-bond acceptors (Lipinski definition) is 4. The van der Waals surface area contributed by atoms with Crippen LogP contribution < -0.4 is 16.2 Å². The third-order valence-electron chi connectivity index (χ3n) is 3.32. The van der Waals surface area contributed by atoms with E-state index in [0.717, 1.165) is 32.5 Å². The molecule has 1 aliphatic rings. The van der Waals surface area contributed by atoms with E-state index < -0.39 is 0 Å². The van der Waals surface area contributed by atoms with Crippen LogP contribution in [0, 0.1) is 0 Å². The first-order chi connectivity index (χ1) is 9.18. The Hall–Kier alpha value is -1.62. The molecule has 0 spiro atoms. The Balaban J connectivity index is 1.94. The van der Waals surface area contributed by atoms with Gasteiger partial charge < -0.3 is 15.2 Å². The quantitative estimate of drug-likeness (QED) is 0.790. The van der Waals surface area contributed by atoms with Crippen molar-refractivity contribution in [3.63, 3.8) is 0 Å². The summed E-state index contributed by atoms with van der Waals surface area (Å²) < 4.78 is 1.69. The van der Waals surface area contributed by atoms with Crippen molar-refractivity contribution < 1.29 is 0 Å². The average molecular weight is 262 g/mol. The molecule has 2 rings (SSSR count). The second-order valence-electron chi connectivity index (χ2n) is 5.08. The van der Waals surface area contributed by atoms with Crippen LogP contribution in [0.15, 0.2) is 28.8 Å². The molecule has 19 heavy (non-hydrogen) atoms. The molecule has 0 amide bonds. The third-order valence-corrected chi connectivity index (χ3v) is 3.32. The van der Waals surface area contributed by atoms with E-state index in [1.807, 2.05) is 13.8 Å². The van der Waals surface area contributed by atoms with E-state index in [0.29, 0.717) is 5.82 Å². The molecule has 2 N–H and O–H groups in total. The Kier molecular flexibility index (Phi) is 4.74. The molecule has 5 nitrogen and oxygen atoms in total. The molecule has 0 saturated carbocycles. The van der Waals surface area contributed by atoms with Gasteiger partial charge in [0.25, 0.3) is 5.56 Å². The minimum atomic E-state index is -0.0446. The second kappa shape index (κ2) is 6.52. The zero-order chi connectivity index (χ0) is 13.7. The van der Waals surface area contributed by atoms with E-state index in [4.69, 9.17) is 0 Å². The van der Waals surface area contributed by atoms with Crippen molar-refractivity contribution in [3.05, 3.63) is 34.4 Å². The molecule has 0 fully saturated rings. The van der Waals surface area contributed by atoms with Gasteiger partial charge in [-0.1, -0.05) is 11.6 Å². The Labute approximate surface area is 113 Å². The molecule has 1 aromatic rings. The molecule has 0 aliphatic carbocycles. The van der Waals surface area contributed by atoms with Crippen LogP contribution in [0.3, 0.4) is 0 Å². The van der Waals surface area contributed by atoms with Gasteiger partial charge in [-0.2, -0.15) is 0 Å². The SMILES string of the molecule is CC(C)n1ccnc(NCCC2=CCNCC2)c1=O. The lowest BCUT2D eigenvalue weighted by Gasteiger charge is -2.15. The first kappa shape index (κ1) is 13.8. The van der Waals surface area contributed by atoms with Gasteiger partial charge in [-0.3, -0.25) is 4.79 Å². The fraction of sp³-hybridized carbons (Fsp3) is 0.571. The van der Waals surface area contributed by atoms with E-state index in [1.54, 1.807) is 17.0 Å². The van der Waals surface area contributed by atoms with Crippen molar-refractivity contribution in [2.45, 2.75) is 32.7 Å². The maximum atomic E-state index is 12.1. The molecule has 104 valence electrons. The molecular formula is C14H22N4O. The van der Waals surface area contributed by atoms with Crippen LogP contribution in [-0.4, -0.2) is 29.2 Å². The highest BCUT2D eigenvalue weighted by atomic mass is 16.1. The minimum Gasteiger partial charge on any atom is -0.365 e. The highest BCUT2D eigenvalue weighted by molar-refractivity contribution is 5.31. The van der Waals surface area contributed by atoms with Gasteiger partial charge in [0.05, 0.1) is 0 Å². The number of hydrogen-bond donors (Lipinski definition) is 2. The Bertz CT molecular complexity index is 504. The molecule has 0 radical (unpaired) electrons. The van der Waals surface area contributed by atoms with Gasteiger partial charge in [-0.25, -0.2) is 4.98 Å². The van der Waals surface area contributed by atoms with Crippen molar-refractivity contribution >= 4 is 5.82 Å². The van der Waals surface area contributed by atoms with Gasteiger partial charge in [0.15, 0.2) is 5.82 Å². The Morgan fingerprint density at radius 3 is 3.05 bits per heavy atom. The maximum absolute atomic E-state index is 12.1. The molecule has 0 bridgehead atoms. The predicted octanol–water partition coefficient (Wildman–Crippen LogP) is 1.55. The van der Waals surface area contributed by atoms with E-state index in [9.17, 15) is 4.79 Å². The summed E-state index contributed by atoms with van der Waals surface area (Å²) in [5.41, 5.74) is 1.41. The van der Waals surface area contributed by atoms with Gasteiger partial charge in [0, 0.05) is 31.5 Å². The summed E-state index contributed by atoms with van der Waals surface area (Å²) in [6.07, 6.45) is 7.70. The minimum absolute atomic E-state index is 0.0446. The van der Waals surface area contributed by atoms with E-state index in [-0.39, 0.29) is 11.6 Å². The summed E-state index contributed by atoms with van der Waals surface area (Å²) in [7, 11) is 0. The van der Waals surface area contributed by atoms with Gasteiger partial charge in [0.2, 0.25) is 0 Å². The van der Waals surface area contributed by atoms with E-state index in [1.165, 1.54) is 5.57 Å². The van der Waals surface area contributed by atoms with Crippen molar-refractivity contribution in [2.24, 2.45) is 0 Å². The van der Waals surface area contributed by atoms with Crippen LogP contribution in [0.5, 0.6) is 0 Å². The standard InChI is InChI=1S/C14H22N4O/c1-11(2)18-10-9-17-13(14(18)19)16-8-5-12-3-6-15-7-4-12/h3,9-11,15H,4-8H2,1-2H3,(H,16,17). The summed E-state index contributed by atoms with van der Waals surface area (Å²) in [6.45, 7) is 6.75. The topological polar surface area (TPSA) is 59.0 Å². The molecule has 1 aromatic heterocycles. The molecule has 0 aromatic carbocycles. The zero-order valence-corrected chi connectivity index (χ0v) is 11.6. The lowest BCUT2D eigenvalue weighted by atomic mass is 10.1. The normalized spacial score (nSPS) is 15.4. The number of rotatable bonds is 5. The molecule has 0 unspecified atom stereocenters. The second-order valence-corrected chi connectivity index (χ2v) is 5.08. The van der Waals surface area contributed by atoms with Crippen LogP contribution in [-0.2, 0) is 0 Å². The first-order valence-electron chi connectivity index (χ1n) is 6.88. The molecule has 0 saturated heterocycles. The van der Waals surface area contributed by atoms with Crippen molar-refractivity contribution in [1.82, 2.24) is 14.9 Å². The van der Waals surface area contributed by atoms with E-state index >= 15 is 0 Å². The summed E-state index contributed by atoms with van der Waals surface area (Å²) in [5.74, 6) is 0.450. The zero-order valence-electron chi connectivity index (χ0n) is 11.6. The number of nitrogens with one attached hydrogen (secondary N) is 2. The first-order valence-corrected chi connectivity index (χ1v) is 6.88. The molecule has 5 heteroatoms. The van der Waals surface area contributed by atoms with Gasteiger partial charge in [0.1, 0.15) is 0 Å². The van der Waals surface area contributed by atoms with Gasteiger partial charge in [-0.15, -0.1) is 0 Å². The van der Waals surface area contributed by atoms with Crippen LogP contribution in [0.4, 0.5) is 5.82 Å². The predicted molar refractivity (Wildman–Crippen MR) is 77.6 cm³/mol. The van der Waals surface area contributed by atoms with Crippen LogP contribution in [0.2, 0.25) is 0 Å². The average Bonchev–Trinajstić information content (AvgIpc) is 2.41. The number of aromatic nitrogens is 2. The smallest absolute Gasteiger partial charge is 0.293 e. The Morgan fingerprint density at radius 2 is 2.37 bits per heavy atom. The van der Waals surface area contributed by atoms with Crippen LogP contribution in [0.1, 0.15) is 32.7 Å². The van der Waals surface area contributed by atoms with E-state index in [2.05, 4.69) is 21.7 Å². The largest absolute Gasteiger partial charge is 0.365 e. The van der Waals surface area contributed by atoms with Crippen LogP contribution >= 0.6 is 0 Å². The lowest BCUT2D eigenvalue weighted by Crippen LogP contribution is -2.26. The monoisotopic (exact) mass is 262 g/mol. The van der Waals surface area contributed by atoms with Crippen molar-refractivity contribution in [1.29, 1.82) is 0 Å². The summed E-state index contributed by atoms with van der Waals surface area (Å²) >= 11 is 0. The highest BCUT2D eigenvalue weighted by Crippen LogP contribution is 2.09. The molecule has 1 aliphatic heterocycles. The summed E-state index contributed by atoms with van der Waals surface area (Å²) in [6, 6.07) is 0.156. The number of nitrogens with zero attached hydrogens (tertiary/aromatic N) is 2. The Morgan fingerprint density at radius 1 is 1.53 bits per heavy atom. The molecule has 0 atom stereocenters. The van der Waals surface area contributed by atoms with Crippen molar-refractivity contribution in [2.75, 3.05) is 25.0 Å². The summed E-state index contributed by atoms with van der Waals surface area (Å²) in [4.78, 5) is 16.2.